The fraction of sp³-hybridized carbons (Fsp3) is 0.278. The molecular weight excluding hydrogens is 278 g/mol. The molecule has 0 bridgehead atoms. The molecule has 0 radical (unpaired) electrons. The van der Waals surface area contributed by atoms with Gasteiger partial charge in [0.05, 0.1) is 12.8 Å². The minimum atomic E-state index is -0.220. The van der Waals surface area contributed by atoms with Crippen LogP contribution >= 0.6 is 0 Å². The van der Waals surface area contributed by atoms with Gasteiger partial charge in [0.15, 0.2) is 6.61 Å². The summed E-state index contributed by atoms with van der Waals surface area (Å²) >= 11 is 0. The lowest BCUT2D eigenvalue weighted by Gasteiger charge is -2.13. The second-order valence-corrected chi connectivity index (χ2v) is 5.24. The summed E-state index contributed by atoms with van der Waals surface area (Å²) < 4.78 is 10.8. The highest BCUT2D eigenvalue weighted by molar-refractivity contribution is 5.93. The average molecular weight is 299 g/mol. The van der Waals surface area contributed by atoms with E-state index in [9.17, 15) is 4.79 Å². The Bertz CT molecular complexity index is 680. The van der Waals surface area contributed by atoms with Gasteiger partial charge in [-0.05, 0) is 55.7 Å². The van der Waals surface area contributed by atoms with Gasteiger partial charge in [-0.1, -0.05) is 18.2 Å². The first-order valence-corrected chi connectivity index (χ1v) is 7.14. The van der Waals surface area contributed by atoms with Crippen molar-refractivity contribution < 1.29 is 14.3 Å². The summed E-state index contributed by atoms with van der Waals surface area (Å²) in [6, 6.07) is 11.3. The van der Waals surface area contributed by atoms with E-state index in [2.05, 4.69) is 18.3 Å². The van der Waals surface area contributed by atoms with E-state index in [1.807, 2.05) is 32.0 Å². The molecule has 0 aliphatic carbocycles. The molecule has 4 nitrogen and oxygen atoms in total. The van der Waals surface area contributed by atoms with Crippen LogP contribution in [0.15, 0.2) is 36.4 Å². The van der Waals surface area contributed by atoms with Crippen molar-refractivity contribution in [1.82, 2.24) is 0 Å². The maximum absolute atomic E-state index is 12.0. The van der Waals surface area contributed by atoms with Crippen molar-refractivity contribution in [3.63, 3.8) is 0 Å². The van der Waals surface area contributed by atoms with Crippen molar-refractivity contribution in [3.8, 4) is 11.5 Å². The number of nitrogens with one attached hydrogen (secondary N) is 1. The van der Waals surface area contributed by atoms with Crippen LogP contribution in [-0.4, -0.2) is 19.6 Å². The van der Waals surface area contributed by atoms with Crippen molar-refractivity contribution >= 4 is 11.6 Å². The summed E-state index contributed by atoms with van der Waals surface area (Å²) in [4.78, 5) is 12.0. The summed E-state index contributed by atoms with van der Waals surface area (Å²) in [5, 5.41) is 2.79. The lowest BCUT2D eigenvalue weighted by Crippen LogP contribution is -2.20. The molecule has 1 N–H and O–H groups in total. The van der Waals surface area contributed by atoms with Crippen molar-refractivity contribution in [2.24, 2.45) is 0 Å². The molecule has 0 saturated carbocycles. The van der Waals surface area contributed by atoms with Gasteiger partial charge in [-0.3, -0.25) is 4.79 Å². The van der Waals surface area contributed by atoms with Crippen LogP contribution in [0.5, 0.6) is 11.5 Å². The van der Waals surface area contributed by atoms with Gasteiger partial charge in [0.2, 0.25) is 0 Å². The van der Waals surface area contributed by atoms with Gasteiger partial charge in [-0.2, -0.15) is 0 Å². The smallest absolute Gasteiger partial charge is 0.262 e. The van der Waals surface area contributed by atoms with Crippen molar-refractivity contribution in [2.45, 2.75) is 20.8 Å². The number of benzene rings is 2. The molecule has 2 aromatic carbocycles. The van der Waals surface area contributed by atoms with Crippen LogP contribution in [0.2, 0.25) is 0 Å². The molecule has 0 saturated heterocycles. The Labute approximate surface area is 131 Å². The standard InChI is InChI=1S/C18H21NO3/c1-12-9-14(3)17(10-13(12)2)22-11-18(20)19-15-7-5-6-8-16(15)21-4/h5-10H,11H2,1-4H3,(H,19,20). The highest BCUT2D eigenvalue weighted by atomic mass is 16.5. The first-order chi connectivity index (χ1) is 10.5. The molecule has 2 aromatic rings. The van der Waals surface area contributed by atoms with Crippen LogP contribution in [0, 0.1) is 20.8 Å². The molecule has 0 aliphatic heterocycles. The van der Waals surface area contributed by atoms with Crippen LogP contribution in [-0.2, 0) is 4.79 Å². The number of ether oxygens (including phenoxy) is 2. The number of methoxy groups -OCH3 is 1. The number of para-hydroxylation sites is 2. The van der Waals surface area contributed by atoms with Gasteiger partial charge in [0, 0.05) is 0 Å². The van der Waals surface area contributed by atoms with Crippen LogP contribution < -0.4 is 14.8 Å². The second kappa shape index (κ2) is 6.98. The molecule has 0 fully saturated rings. The third-order valence-electron chi connectivity index (χ3n) is 3.53. The largest absolute Gasteiger partial charge is 0.495 e. The third kappa shape index (κ3) is 3.79. The summed E-state index contributed by atoms with van der Waals surface area (Å²) in [7, 11) is 1.57. The van der Waals surface area contributed by atoms with Gasteiger partial charge in [0.1, 0.15) is 11.5 Å². The monoisotopic (exact) mass is 299 g/mol. The number of carbonyl (C=O) groups excluding carboxylic acids is 1. The van der Waals surface area contributed by atoms with Crippen LogP contribution in [0.1, 0.15) is 16.7 Å². The second-order valence-electron chi connectivity index (χ2n) is 5.24. The number of hydrogen-bond donors (Lipinski definition) is 1. The third-order valence-corrected chi connectivity index (χ3v) is 3.53. The van der Waals surface area contributed by atoms with E-state index < -0.39 is 0 Å². The minimum absolute atomic E-state index is 0.0403. The Hall–Kier alpha value is -2.49. The predicted molar refractivity (Wildman–Crippen MR) is 87.8 cm³/mol. The van der Waals surface area contributed by atoms with E-state index in [1.54, 1.807) is 19.2 Å². The van der Waals surface area contributed by atoms with Crippen LogP contribution in [0.25, 0.3) is 0 Å². The lowest BCUT2D eigenvalue weighted by molar-refractivity contribution is -0.118. The highest BCUT2D eigenvalue weighted by Gasteiger charge is 2.09. The molecule has 0 aromatic heterocycles. The van der Waals surface area contributed by atoms with Crippen molar-refractivity contribution in [3.05, 3.63) is 53.1 Å². The summed E-state index contributed by atoms with van der Waals surface area (Å²) in [5.74, 6) is 1.14. The molecule has 2 rings (SSSR count). The first kappa shape index (κ1) is 15.9. The number of aryl methyl sites for hydroxylation is 3. The minimum Gasteiger partial charge on any atom is -0.495 e. The zero-order valence-electron chi connectivity index (χ0n) is 13.4. The number of carbonyl (C=O) groups is 1. The predicted octanol–water partition coefficient (Wildman–Crippen LogP) is 3.64. The highest BCUT2D eigenvalue weighted by Crippen LogP contribution is 2.24. The van der Waals surface area contributed by atoms with E-state index >= 15 is 0 Å². The van der Waals surface area contributed by atoms with Crippen molar-refractivity contribution in [2.75, 3.05) is 19.0 Å². The summed E-state index contributed by atoms with van der Waals surface area (Å²) in [5.41, 5.74) is 4.01. The van der Waals surface area contributed by atoms with E-state index in [-0.39, 0.29) is 12.5 Å². The molecule has 4 heteroatoms. The fourth-order valence-electron chi connectivity index (χ4n) is 2.17. The molecule has 22 heavy (non-hydrogen) atoms. The zero-order valence-corrected chi connectivity index (χ0v) is 13.4. The van der Waals surface area contributed by atoms with Gasteiger partial charge in [0.25, 0.3) is 5.91 Å². The Balaban J connectivity index is 2.00. The van der Waals surface area contributed by atoms with E-state index in [1.165, 1.54) is 5.56 Å². The number of hydrogen-bond acceptors (Lipinski definition) is 3. The van der Waals surface area contributed by atoms with Gasteiger partial charge in [-0.15, -0.1) is 0 Å². The zero-order chi connectivity index (χ0) is 16.1. The molecule has 0 spiro atoms. The number of rotatable bonds is 5. The molecule has 1 amide bonds. The normalized spacial score (nSPS) is 10.2. The van der Waals surface area contributed by atoms with E-state index in [0.29, 0.717) is 11.4 Å². The van der Waals surface area contributed by atoms with Crippen LogP contribution in [0.4, 0.5) is 5.69 Å². The molecule has 0 aliphatic rings. The Morgan fingerprint density at radius 2 is 1.68 bits per heavy atom. The summed E-state index contributed by atoms with van der Waals surface area (Å²) in [6.07, 6.45) is 0. The molecule has 0 atom stereocenters. The van der Waals surface area contributed by atoms with Crippen molar-refractivity contribution in [1.29, 1.82) is 0 Å². The van der Waals surface area contributed by atoms with Gasteiger partial charge < -0.3 is 14.8 Å². The maximum Gasteiger partial charge on any atom is 0.262 e. The molecule has 0 heterocycles. The SMILES string of the molecule is COc1ccccc1NC(=O)COc1cc(C)c(C)cc1C. The van der Waals surface area contributed by atoms with Gasteiger partial charge in [-0.25, -0.2) is 0 Å². The topological polar surface area (TPSA) is 47.6 Å². The lowest BCUT2D eigenvalue weighted by atomic mass is 10.1. The number of anilines is 1. The Kier molecular flexibility index (Phi) is 5.04. The maximum atomic E-state index is 12.0. The number of amides is 1. The quantitative estimate of drug-likeness (QED) is 0.917. The first-order valence-electron chi connectivity index (χ1n) is 7.14. The molecule has 116 valence electrons. The molecule has 0 unspecified atom stereocenters. The van der Waals surface area contributed by atoms with Gasteiger partial charge >= 0.3 is 0 Å². The molecular formula is C18H21NO3. The average Bonchev–Trinajstić information content (AvgIpc) is 2.50. The fourth-order valence-corrected chi connectivity index (χ4v) is 2.17. The van der Waals surface area contributed by atoms with E-state index in [0.717, 1.165) is 16.9 Å². The van der Waals surface area contributed by atoms with E-state index in [4.69, 9.17) is 9.47 Å². The summed E-state index contributed by atoms with van der Waals surface area (Å²) in [6.45, 7) is 6.01. The Morgan fingerprint density at radius 1 is 1.00 bits per heavy atom. The van der Waals surface area contributed by atoms with Crippen LogP contribution in [0.3, 0.4) is 0 Å². The Morgan fingerprint density at radius 3 is 2.41 bits per heavy atom.